The van der Waals surface area contributed by atoms with Crippen LogP contribution in [-0.2, 0) is 17.7 Å². The van der Waals surface area contributed by atoms with Crippen LogP contribution >= 0.6 is 0 Å². The summed E-state index contributed by atoms with van der Waals surface area (Å²) in [6.07, 6.45) is 0.806. The maximum Gasteiger partial charge on any atom is 0.409 e. The molecule has 0 N–H and O–H groups in total. The molecule has 1 aromatic heterocycles. The zero-order chi connectivity index (χ0) is 19.5. The molecule has 4 rings (SSSR count). The lowest BCUT2D eigenvalue weighted by molar-refractivity contribution is 0.105. The number of amides is 1. The van der Waals surface area contributed by atoms with Crippen LogP contribution in [-0.4, -0.2) is 60.3 Å². The van der Waals surface area contributed by atoms with E-state index in [2.05, 4.69) is 45.1 Å². The van der Waals surface area contributed by atoms with E-state index in [9.17, 15) is 4.79 Å². The Hall–Kier alpha value is -2.83. The summed E-state index contributed by atoms with van der Waals surface area (Å²) in [6, 6.07) is 10.7. The number of rotatable bonds is 3. The van der Waals surface area contributed by atoms with Gasteiger partial charge in [0.05, 0.1) is 6.61 Å². The number of ether oxygens (including phenoxy) is 1. The second-order valence-corrected chi connectivity index (χ2v) is 7.24. The molecule has 2 aliphatic heterocycles. The summed E-state index contributed by atoms with van der Waals surface area (Å²) in [5.74, 6) is 2.69. The van der Waals surface area contributed by atoms with Gasteiger partial charge in [0.2, 0.25) is 0 Å². The van der Waals surface area contributed by atoms with E-state index in [1.54, 1.807) is 4.90 Å². The summed E-state index contributed by atoms with van der Waals surface area (Å²) in [5, 5.41) is 0. The van der Waals surface area contributed by atoms with Crippen LogP contribution in [0, 0.1) is 6.92 Å². The van der Waals surface area contributed by atoms with E-state index in [1.807, 2.05) is 13.8 Å². The fraction of sp³-hybridized carbons (Fsp3) is 0.476. The van der Waals surface area contributed by atoms with Gasteiger partial charge in [-0.15, -0.1) is 0 Å². The summed E-state index contributed by atoms with van der Waals surface area (Å²) in [5.41, 5.74) is 2.80. The number of hydrogen-bond donors (Lipinski definition) is 0. The monoisotopic (exact) mass is 381 g/mol. The quantitative estimate of drug-likeness (QED) is 0.815. The van der Waals surface area contributed by atoms with Crippen molar-refractivity contribution >= 4 is 17.7 Å². The molecule has 28 heavy (non-hydrogen) atoms. The van der Waals surface area contributed by atoms with Crippen molar-refractivity contribution in [2.24, 2.45) is 0 Å². The number of fused-ring (bicyclic) bond motifs is 1. The van der Waals surface area contributed by atoms with Crippen molar-refractivity contribution in [3.8, 4) is 0 Å². The standard InChI is InChI=1S/C21H27N5O2/c1-3-28-21(27)25-12-10-24(11-13-25)19-14-20(23-16(2)22-19)26-9-8-17-6-4-5-7-18(17)15-26/h4-7,14H,3,8-13,15H2,1-2H3. The lowest BCUT2D eigenvalue weighted by Crippen LogP contribution is -2.49. The average Bonchev–Trinajstić information content (AvgIpc) is 2.73. The normalized spacial score (nSPS) is 16.7. The Bertz CT molecular complexity index is 848. The minimum atomic E-state index is -0.228. The summed E-state index contributed by atoms with van der Waals surface area (Å²) in [6.45, 7) is 8.81. The fourth-order valence-electron chi connectivity index (χ4n) is 3.88. The number of aromatic nitrogens is 2. The first-order chi connectivity index (χ1) is 13.6. The molecule has 148 valence electrons. The number of piperazine rings is 1. The second-order valence-electron chi connectivity index (χ2n) is 7.24. The molecule has 7 heteroatoms. The van der Waals surface area contributed by atoms with E-state index >= 15 is 0 Å². The Morgan fingerprint density at radius 3 is 2.39 bits per heavy atom. The SMILES string of the molecule is CCOC(=O)N1CCN(c2cc(N3CCc4ccccc4C3)nc(C)n2)CC1. The average molecular weight is 381 g/mol. The van der Waals surface area contributed by atoms with E-state index in [4.69, 9.17) is 9.72 Å². The van der Waals surface area contributed by atoms with Gasteiger partial charge in [-0.05, 0) is 31.4 Å². The number of carbonyl (C=O) groups is 1. The Morgan fingerprint density at radius 1 is 1.00 bits per heavy atom. The van der Waals surface area contributed by atoms with Gasteiger partial charge < -0.3 is 19.4 Å². The number of carbonyl (C=O) groups excluding carboxylic acids is 1. The number of benzene rings is 1. The van der Waals surface area contributed by atoms with Crippen molar-refractivity contribution in [2.45, 2.75) is 26.8 Å². The minimum absolute atomic E-state index is 0.228. The minimum Gasteiger partial charge on any atom is -0.450 e. The summed E-state index contributed by atoms with van der Waals surface area (Å²) in [4.78, 5) is 27.6. The molecule has 1 aromatic carbocycles. The number of hydrogen-bond acceptors (Lipinski definition) is 6. The van der Waals surface area contributed by atoms with Crippen molar-refractivity contribution in [1.82, 2.24) is 14.9 Å². The summed E-state index contributed by atoms with van der Waals surface area (Å²) < 4.78 is 5.10. The molecule has 1 fully saturated rings. The molecule has 0 bridgehead atoms. The lowest BCUT2D eigenvalue weighted by atomic mass is 10.00. The van der Waals surface area contributed by atoms with Crippen LogP contribution in [0.5, 0.6) is 0 Å². The van der Waals surface area contributed by atoms with Gasteiger partial charge in [-0.3, -0.25) is 0 Å². The maximum atomic E-state index is 11.9. The molecule has 0 unspecified atom stereocenters. The van der Waals surface area contributed by atoms with Gasteiger partial charge in [-0.1, -0.05) is 24.3 Å². The third-order valence-corrected chi connectivity index (χ3v) is 5.40. The Labute approximate surface area is 165 Å². The maximum absolute atomic E-state index is 11.9. The summed E-state index contributed by atoms with van der Waals surface area (Å²) >= 11 is 0. The summed E-state index contributed by atoms with van der Waals surface area (Å²) in [7, 11) is 0. The van der Waals surface area contributed by atoms with Gasteiger partial charge in [-0.2, -0.15) is 0 Å². The van der Waals surface area contributed by atoms with Crippen LogP contribution in [0.1, 0.15) is 23.9 Å². The van der Waals surface area contributed by atoms with Gasteiger partial charge in [0.1, 0.15) is 17.5 Å². The number of aryl methyl sites for hydroxylation is 1. The Kier molecular flexibility index (Phi) is 5.32. The molecule has 0 aliphatic carbocycles. The first-order valence-electron chi connectivity index (χ1n) is 9.98. The highest BCUT2D eigenvalue weighted by Crippen LogP contribution is 2.26. The smallest absolute Gasteiger partial charge is 0.409 e. The van der Waals surface area contributed by atoms with Crippen LogP contribution in [0.4, 0.5) is 16.4 Å². The molecule has 2 aliphatic rings. The van der Waals surface area contributed by atoms with Crippen molar-refractivity contribution in [3.05, 3.63) is 47.3 Å². The van der Waals surface area contributed by atoms with Gasteiger partial charge in [0.25, 0.3) is 0 Å². The van der Waals surface area contributed by atoms with E-state index in [0.29, 0.717) is 19.7 Å². The molecule has 0 spiro atoms. The lowest BCUT2D eigenvalue weighted by Gasteiger charge is -2.35. The second kappa shape index (κ2) is 8.04. The molecule has 1 amide bonds. The predicted octanol–water partition coefficient (Wildman–Crippen LogP) is 2.63. The topological polar surface area (TPSA) is 61.8 Å². The molecule has 7 nitrogen and oxygen atoms in total. The van der Waals surface area contributed by atoms with E-state index in [1.165, 1.54) is 11.1 Å². The largest absolute Gasteiger partial charge is 0.450 e. The van der Waals surface area contributed by atoms with E-state index in [0.717, 1.165) is 50.1 Å². The van der Waals surface area contributed by atoms with E-state index < -0.39 is 0 Å². The molecule has 0 atom stereocenters. The zero-order valence-electron chi connectivity index (χ0n) is 16.6. The molecular formula is C21H27N5O2. The highest BCUT2D eigenvalue weighted by molar-refractivity contribution is 5.68. The first-order valence-corrected chi connectivity index (χ1v) is 9.98. The van der Waals surface area contributed by atoms with Gasteiger partial charge in [0.15, 0.2) is 0 Å². The van der Waals surface area contributed by atoms with Crippen molar-refractivity contribution in [3.63, 3.8) is 0 Å². The van der Waals surface area contributed by atoms with Crippen LogP contribution < -0.4 is 9.80 Å². The zero-order valence-corrected chi connectivity index (χ0v) is 16.6. The molecule has 0 saturated carbocycles. The van der Waals surface area contributed by atoms with Gasteiger partial charge in [-0.25, -0.2) is 14.8 Å². The van der Waals surface area contributed by atoms with Crippen molar-refractivity contribution in [2.75, 3.05) is 49.1 Å². The molecule has 2 aromatic rings. The third-order valence-electron chi connectivity index (χ3n) is 5.40. The highest BCUT2D eigenvalue weighted by Gasteiger charge is 2.24. The number of nitrogens with zero attached hydrogens (tertiary/aromatic N) is 5. The molecular weight excluding hydrogens is 354 g/mol. The Balaban J connectivity index is 1.47. The number of anilines is 2. The van der Waals surface area contributed by atoms with E-state index in [-0.39, 0.29) is 6.09 Å². The highest BCUT2D eigenvalue weighted by atomic mass is 16.6. The first kappa shape index (κ1) is 18.5. The van der Waals surface area contributed by atoms with Crippen LogP contribution in [0.2, 0.25) is 0 Å². The molecule has 0 radical (unpaired) electrons. The third kappa shape index (κ3) is 3.88. The molecule has 3 heterocycles. The van der Waals surface area contributed by atoms with Gasteiger partial charge >= 0.3 is 6.09 Å². The fourth-order valence-corrected chi connectivity index (χ4v) is 3.88. The van der Waals surface area contributed by atoms with Crippen LogP contribution in [0.3, 0.4) is 0 Å². The van der Waals surface area contributed by atoms with Crippen LogP contribution in [0.15, 0.2) is 30.3 Å². The van der Waals surface area contributed by atoms with Crippen molar-refractivity contribution < 1.29 is 9.53 Å². The predicted molar refractivity (Wildman–Crippen MR) is 109 cm³/mol. The van der Waals surface area contributed by atoms with Gasteiger partial charge in [0, 0.05) is 45.3 Å². The Morgan fingerprint density at radius 2 is 1.68 bits per heavy atom. The molecule has 1 saturated heterocycles. The van der Waals surface area contributed by atoms with Crippen LogP contribution in [0.25, 0.3) is 0 Å². The van der Waals surface area contributed by atoms with Crippen molar-refractivity contribution in [1.29, 1.82) is 0 Å².